The van der Waals surface area contributed by atoms with Crippen LogP contribution in [0.1, 0.15) is 48.6 Å². The van der Waals surface area contributed by atoms with Gasteiger partial charge >= 0.3 is 0 Å². The number of fused-ring (bicyclic) bond motifs is 1. The summed E-state index contributed by atoms with van der Waals surface area (Å²) in [5.41, 5.74) is 1.85. The van der Waals surface area contributed by atoms with Crippen LogP contribution in [0.3, 0.4) is 0 Å². The summed E-state index contributed by atoms with van der Waals surface area (Å²) in [7, 11) is 0. The van der Waals surface area contributed by atoms with Crippen molar-refractivity contribution in [2.75, 3.05) is 6.61 Å². The molecule has 1 aliphatic rings. The molecule has 0 unspecified atom stereocenters. The van der Waals surface area contributed by atoms with Crippen LogP contribution in [0.25, 0.3) is 0 Å². The molecule has 7 heteroatoms. The molecular weight excluding hydrogens is 324 g/mol. The minimum absolute atomic E-state index is 0.0157. The van der Waals surface area contributed by atoms with Crippen molar-refractivity contribution in [3.8, 4) is 0 Å². The predicted molar refractivity (Wildman–Crippen MR) is 93.1 cm³/mol. The van der Waals surface area contributed by atoms with Gasteiger partial charge in [0.2, 0.25) is 5.91 Å². The SMILES string of the molecule is CCO[C@@H](C)c1nc(CC(=O)N[C@H]2CCc3nc(C)cn3C2)cs1. The Kier molecular flexibility index (Phi) is 5.30. The highest BCUT2D eigenvalue weighted by Crippen LogP contribution is 2.21. The molecule has 130 valence electrons. The van der Waals surface area contributed by atoms with Crippen molar-refractivity contribution in [3.63, 3.8) is 0 Å². The second-order valence-corrected chi connectivity index (χ2v) is 7.10. The molecule has 0 aromatic carbocycles. The van der Waals surface area contributed by atoms with E-state index in [-0.39, 0.29) is 18.1 Å². The quantitative estimate of drug-likeness (QED) is 0.870. The number of ether oxygens (including phenoxy) is 1. The Labute approximate surface area is 146 Å². The van der Waals surface area contributed by atoms with Crippen molar-refractivity contribution >= 4 is 17.2 Å². The average molecular weight is 348 g/mol. The van der Waals surface area contributed by atoms with Crippen molar-refractivity contribution in [1.82, 2.24) is 19.9 Å². The van der Waals surface area contributed by atoms with E-state index in [9.17, 15) is 4.79 Å². The van der Waals surface area contributed by atoms with Crippen molar-refractivity contribution in [1.29, 1.82) is 0 Å². The fourth-order valence-electron chi connectivity index (χ4n) is 3.06. The van der Waals surface area contributed by atoms with Crippen LogP contribution in [-0.4, -0.2) is 33.1 Å². The molecule has 2 aromatic rings. The number of carbonyl (C=O) groups is 1. The number of carbonyl (C=O) groups excluding carboxylic acids is 1. The fraction of sp³-hybridized carbons (Fsp3) is 0.588. The summed E-state index contributed by atoms with van der Waals surface area (Å²) < 4.78 is 7.69. The highest BCUT2D eigenvalue weighted by atomic mass is 32.1. The number of amides is 1. The van der Waals surface area contributed by atoms with Gasteiger partial charge in [0.1, 0.15) is 16.9 Å². The lowest BCUT2D eigenvalue weighted by molar-refractivity contribution is -0.121. The summed E-state index contributed by atoms with van der Waals surface area (Å²) in [6, 6.07) is 0.166. The van der Waals surface area contributed by atoms with Crippen LogP contribution < -0.4 is 5.32 Å². The maximum absolute atomic E-state index is 12.3. The first-order valence-corrected chi connectivity index (χ1v) is 9.31. The number of nitrogens with zero attached hydrogens (tertiary/aromatic N) is 3. The van der Waals surface area contributed by atoms with Gasteiger partial charge in [-0.05, 0) is 27.2 Å². The highest BCUT2D eigenvalue weighted by molar-refractivity contribution is 7.09. The van der Waals surface area contributed by atoms with Gasteiger partial charge in [0, 0.05) is 37.2 Å². The van der Waals surface area contributed by atoms with E-state index in [1.54, 1.807) is 11.3 Å². The van der Waals surface area contributed by atoms with Gasteiger partial charge < -0.3 is 14.6 Å². The number of nitrogens with one attached hydrogen (secondary N) is 1. The lowest BCUT2D eigenvalue weighted by atomic mass is 10.1. The first-order valence-electron chi connectivity index (χ1n) is 8.43. The Morgan fingerprint density at radius 1 is 1.54 bits per heavy atom. The molecule has 1 aliphatic heterocycles. The zero-order chi connectivity index (χ0) is 17.1. The predicted octanol–water partition coefficient (Wildman–Crippen LogP) is 2.42. The lowest BCUT2D eigenvalue weighted by Gasteiger charge is -2.24. The number of hydrogen-bond donors (Lipinski definition) is 1. The molecule has 24 heavy (non-hydrogen) atoms. The molecule has 1 N–H and O–H groups in total. The summed E-state index contributed by atoms with van der Waals surface area (Å²) in [5, 5.41) is 6.00. The minimum Gasteiger partial charge on any atom is -0.372 e. The molecule has 0 aliphatic carbocycles. The Hall–Kier alpha value is -1.73. The van der Waals surface area contributed by atoms with Gasteiger partial charge in [-0.25, -0.2) is 9.97 Å². The van der Waals surface area contributed by atoms with Crippen molar-refractivity contribution in [2.24, 2.45) is 0 Å². The van der Waals surface area contributed by atoms with Crippen molar-refractivity contribution in [3.05, 3.63) is 33.8 Å². The van der Waals surface area contributed by atoms with Crippen molar-refractivity contribution in [2.45, 2.75) is 58.7 Å². The first kappa shape index (κ1) is 17.1. The smallest absolute Gasteiger partial charge is 0.226 e. The second kappa shape index (κ2) is 7.44. The topological polar surface area (TPSA) is 69.0 Å². The van der Waals surface area contributed by atoms with Gasteiger partial charge in [-0.2, -0.15) is 0 Å². The lowest BCUT2D eigenvalue weighted by Crippen LogP contribution is -2.41. The van der Waals surface area contributed by atoms with Crippen LogP contribution in [0.15, 0.2) is 11.6 Å². The molecule has 6 nitrogen and oxygen atoms in total. The number of hydrogen-bond acceptors (Lipinski definition) is 5. The summed E-state index contributed by atoms with van der Waals surface area (Å²) in [4.78, 5) is 21.3. The maximum atomic E-state index is 12.3. The number of aryl methyl sites for hydroxylation is 2. The third-order valence-electron chi connectivity index (χ3n) is 4.15. The van der Waals surface area contributed by atoms with E-state index in [1.165, 1.54) is 0 Å². The van der Waals surface area contributed by atoms with Gasteiger partial charge in [-0.3, -0.25) is 4.79 Å². The Balaban J connectivity index is 1.53. The van der Waals surface area contributed by atoms with Crippen LogP contribution in [0.2, 0.25) is 0 Å². The van der Waals surface area contributed by atoms with Crippen molar-refractivity contribution < 1.29 is 9.53 Å². The van der Waals surface area contributed by atoms with Crippen LogP contribution in [0.4, 0.5) is 0 Å². The first-order chi connectivity index (χ1) is 11.5. The van der Waals surface area contributed by atoms with E-state index in [0.29, 0.717) is 13.0 Å². The Morgan fingerprint density at radius 3 is 3.17 bits per heavy atom. The molecule has 0 bridgehead atoms. The molecule has 0 saturated carbocycles. The van der Waals surface area contributed by atoms with E-state index in [0.717, 1.165) is 41.6 Å². The second-order valence-electron chi connectivity index (χ2n) is 6.21. The van der Waals surface area contributed by atoms with E-state index < -0.39 is 0 Å². The molecule has 2 atom stereocenters. The Morgan fingerprint density at radius 2 is 2.38 bits per heavy atom. The van der Waals surface area contributed by atoms with Gasteiger partial charge in [0.25, 0.3) is 0 Å². The van der Waals surface area contributed by atoms with Gasteiger partial charge in [-0.1, -0.05) is 0 Å². The zero-order valence-electron chi connectivity index (χ0n) is 14.4. The molecule has 3 rings (SSSR count). The number of thiazole rings is 1. The molecular formula is C17H24N4O2S. The van der Waals surface area contributed by atoms with Crippen LogP contribution in [0.5, 0.6) is 0 Å². The maximum Gasteiger partial charge on any atom is 0.226 e. The third-order valence-corrected chi connectivity index (χ3v) is 5.21. The molecule has 0 saturated heterocycles. The Bertz CT molecular complexity index is 709. The van der Waals surface area contributed by atoms with E-state index in [4.69, 9.17) is 4.74 Å². The number of aromatic nitrogens is 3. The standard InChI is InChI=1S/C17H24N4O2S/c1-4-23-12(3)17-20-14(10-24-17)7-16(22)19-13-5-6-15-18-11(2)8-21(15)9-13/h8,10,12-13H,4-7,9H2,1-3H3,(H,19,22)/t12-,13-/m0/s1. The van der Waals surface area contributed by atoms with Gasteiger partial charge in [-0.15, -0.1) is 11.3 Å². The highest BCUT2D eigenvalue weighted by Gasteiger charge is 2.21. The van der Waals surface area contributed by atoms with E-state index in [2.05, 4.69) is 26.0 Å². The molecule has 0 radical (unpaired) electrons. The largest absolute Gasteiger partial charge is 0.372 e. The molecule has 3 heterocycles. The molecule has 2 aromatic heterocycles. The fourth-order valence-corrected chi connectivity index (χ4v) is 3.88. The van der Waals surface area contributed by atoms with E-state index in [1.807, 2.05) is 26.2 Å². The number of rotatable bonds is 6. The van der Waals surface area contributed by atoms with Crippen LogP contribution in [-0.2, 0) is 28.9 Å². The van der Waals surface area contributed by atoms with Crippen LogP contribution in [0, 0.1) is 6.92 Å². The average Bonchev–Trinajstić information content (AvgIpc) is 3.12. The summed E-state index contributed by atoms with van der Waals surface area (Å²) in [6.45, 7) is 7.41. The van der Waals surface area contributed by atoms with Gasteiger partial charge in [0.05, 0.1) is 17.8 Å². The molecule has 0 spiro atoms. The summed E-state index contributed by atoms with van der Waals surface area (Å²) in [6.07, 6.45) is 4.20. The third kappa shape index (κ3) is 4.02. The normalized spacial score (nSPS) is 18.2. The minimum atomic E-state index is -0.0157. The zero-order valence-corrected chi connectivity index (χ0v) is 15.2. The van der Waals surface area contributed by atoms with Crippen LogP contribution >= 0.6 is 11.3 Å². The monoisotopic (exact) mass is 348 g/mol. The summed E-state index contributed by atoms with van der Waals surface area (Å²) in [5.74, 6) is 1.15. The summed E-state index contributed by atoms with van der Waals surface area (Å²) >= 11 is 1.55. The molecule has 0 fully saturated rings. The van der Waals surface area contributed by atoms with Gasteiger partial charge in [0.15, 0.2) is 0 Å². The molecule has 1 amide bonds. The number of imidazole rings is 1. The van der Waals surface area contributed by atoms with E-state index >= 15 is 0 Å².